The Bertz CT molecular complexity index is 1540. The number of para-hydroxylation sites is 1. The van der Waals surface area contributed by atoms with Crippen LogP contribution < -0.4 is 9.46 Å². The zero-order chi connectivity index (χ0) is 27.5. The number of ether oxygens (including phenoxy) is 1. The third kappa shape index (κ3) is 6.52. The van der Waals surface area contributed by atoms with Gasteiger partial charge in [-0.2, -0.15) is 0 Å². The van der Waals surface area contributed by atoms with E-state index in [2.05, 4.69) is 9.71 Å². The van der Waals surface area contributed by atoms with E-state index in [0.717, 1.165) is 22.9 Å². The first-order valence-electron chi connectivity index (χ1n) is 12.8. The Labute approximate surface area is 233 Å². The molecule has 5 rings (SSSR count). The molecule has 9 heteroatoms. The number of alkyl halides is 1. The van der Waals surface area contributed by atoms with Gasteiger partial charge in [0.1, 0.15) is 24.4 Å². The van der Waals surface area contributed by atoms with Gasteiger partial charge in [0.15, 0.2) is 0 Å². The summed E-state index contributed by atoms with van der Waals surface area (Å²) >= 11 is 5.98. The van der Waals surface area contributed by atoms with Crippen molar-refractivity contribution in [2.45, 2.75) is 49.6 Å². The van der Waals surface area contributed by atoms with Gasteiger partial charge in [-0.05, 0) is 60.6 Å². The van der Waals surface area contributed by atoms with Crippen molar-refractivity contribution in [3.05, 3.63) is 108 Å². The molecular formula is C30H30ClFN2O4S. The molecule has 1 fully saturated rings. The Hall–Kier alpha value is -3.20. The number of hydrogen-bond donors (Lipinski definition) is 1. The number of sulfonamides is 1. The zero-order valence-corrected chi connectivity index (χ0v) is 23.1. The van der Waals surface area contributed by atoms with Gasteiger partial charge in [0, 0.05) is 11.6 Å². The first-order chi connectivity index (χ1) is 18.7. The second-order valence-corrected chi connectivity index (χ2v) is 12.2. The van der Waals surface area contributed by atoms with E-state index in [0.29, 0.717) is 55.2 Å². The fourth-order valence-corrected chi connectivity index (χ4v) is 6.31. The van der Waals surface area contributed by atoms with Gasteiger partial charge in [-0.3, -0.25) is 0 Å². The Morgan fingerprint density at radius 3 is 2.64 bits per heavy atom. The average molecular weight is 569 g/mol. The molecule has 0 radical (unpaired) electrons. The lowest BCUT2D eigenvalue weighted by Gasteiger charge is -2.27. The van der Waals surface area contributed by atoms with Gasteiger partial charge in [-0.1, -0.05) is 54.6 Å². The minimum absolute atomic E-state index is 0.189. The summed E-state index contributed by atoms with van der Waals surface area (Å²) in [5.74, 6) is 0.997. The monoisotopic (exact) mass is 568 g/mol. The van der Waals surface area contributed by atoms with Crippen molar-refractivity contribution in [1.29, 1.82) is 0 Å². The molecule has 0 unspecified atom stereocenters. The largest absolute Gasteiger partial charge is 0.488 e. The highest BCUT2D eigenvalue weighted by Gasteiger charge is 2.45. The van der Waals surface area contributed by atoms with Crippen LogP contribution in [0.1, 0.15) is 42.0 Å². The van der Waals surface area contributed by atoms with E-state index >= 15 is 4.39 Å². The van der Waals surface area contributed by atoms with E-state index in [1.807, 2.05) is 60.7 Å². The number of halogens is 2. The minimum Gasteiger partial charge on any atom is -0.488 e. The van der Waals surface area contributed by atoms with Crippen molar-refractivity contribution in [3.8, 4) is 16.9 Å². The van der Waals surface area contributed by atoms with Crippen LogP contribution in [-0.2, 0) is 34.3 Å². The lowest BCUT2D eigenvalue weighted by molar-refractivity contribution is 0.307. The van der Waals surface area contributed by atoms with Crippen molar-refractivity contribution >= 4 is 21.6 Å². The third-order valence-corrected chi connectivity index (χ3v) is 8.18. The van der Waals surface area contributed by atoms with Crippen LogP contribution in [-0.4, -0.2) is 25.7 Å². The second-order valence-electron chi connectivity index (χ2n) is 10.1. The van der Waals surface area contributed by atoms with Crippen molar-refractivity contribution in [2.24, 2.45) is 0 Å². The normalized spacial score (nSPS) is 19.3. The predicted octanol–water partition coefficient (Wildman–Crippen LogP) is 6.38. The fraction of sp³-hybridized carbons (Fsp3) is 0.300. The molecule has 0 spiro atoms. The van der Waals surface area contributed by atoms with Crippen molar-refractivity contribution in [2.75, 3.05) is 6.26 Å². The van der Waals surface area contributed by atoms with Gasteiger partial charge in [0.2, 0.25) is 15.9 Å². The number of nitrogens with one attached hydrogen (secondary N) is 1. The van der Waals surface area contributed by atoms with Crippen molar-refractivity contribution in [1.82, 2.24) is 9.71 Å². The number of benzene rings is 3. The minimum atomic E-state index is -3.40. The van der Waals surface area contributed by atoms with Gasteiger partial charge in [0.05, 0.1) is 23.2 Å². The van der Waals surface area contributed by atoms with Crippen LogP contribution in [0.3, 0.4) is 0 Å². The molecular weight excluding hydrogens is 539 g/mol. The summed E-state index contributed by atoms with van der Waals surface area (Å²) < 4.78 is 53.9. The molecule has 0 saturated heterocycles. The number of nitrogens with zero attached hydrogens (tertiary/aromatic N) is 1. The summed E-state index contributed by atoms with van der Waals surface area (Å²) in [6, 6.07) is 22.3. The van der Waals surface area contributed by atoms with Crippen LogP contribution in [0, 0.1) is 5.82 Å². The van der Waals surface area contributed by atoms with E-state index in [1.54, 1.807) is 6.07 Å². The summed E-state index contributed by atoms with van der Waals surface area (Å²) in [5.41, 5.74) is 3.13. The highest BCUT2D eigenvalue weighted by atomic mass is 35.5. The van der Waals surface area contributed by atoms with Crippen LogP contribution in [0.15, 0.2) is 83.5 Å². The second kappa shape index (κ2) is 11.5. The van der Waals surface area contributed by atoms with Crippen LogP contribution in [0.4, 0.5) is 4.39 Å². The molecule has 3 aromatic carbocycles. The maximum absolute atomic E-state index is 15.3. The van der Waals surface area contributed by atoms with Crippen LogP contribution >= 0.6 is 11.6 Å². The predicted molar refractivity (Wildman–Crippen MR) is 150 cm³/mol. The molecule has 6 nitrogen and oxygen atoms in total. The first-order valence-corrected chi connectivity index (χ1v) is 15.2. The Balaban J connectivity index is 1.46. The van der Waals surface area contributed by atoms with Gasteiger partial charge >= 0.3 is 0 Å². The maximum atomic E-state index is 15.3. The van der Waals surface area contributed by atoms with E-state index in [1.165, 1.54) is 12.3 Å². The fourth-order valence-electron chi connectivity index (χ4n) is 5.38. The maximum Gasteiger partial charge on any atom is 0.208 e. The van der Waals surface area contributed by atoms with Gasteiger partial charge in [0.25, 0.3) is 0 Å². The molecule has 1 aromatic heterocycles. The van der Waals surface area contributed by atoms with Crippen LogP contribution in [0.25, 0.3) is 11.1 Å². The zero-order valence-electron chi connectivity index (χ0n) is 21.6. The molecule has 39 heavy (non-hydrogen) atoms. The van der Waals surface area contributed by atoms with E-state index < -0.39 is 15.4 Å². The molecule has 1 heterocycles. The third-order valence-electron chi connectivity index (χ3n) is 7.14. The van der Waals surface area contributed by atoms with Gasteiger partial charge in [-0.15, -0.1) is 11.6 Å². The number of oxazole rings is 1. The molecule has 4 aromatic rings. The summed E-state index contributed by atoms with van der Waals surface area (Å²) in [6.45, 7) is 0.414. The number of rotatable bonds is 10. The molecule has 0 amide bonds. The summed E-state index contributed by atoms with van der Waals surface area (Å²) in [6.07, 6.45) is 4.55. The Morgan fingerprint density at radius 2 is 1.90 bits per heavy atom. The smallest absolute Gasteiger partial charge is 0.208 e. The molecule has 1 aliphatic carbocycles. The molecule has 1 aliphatic rings. The van der Waals surface area contributed by atoms with E-state index in [4.69, 9.17) is 20.8 Å². The average Bonchev–Trinajstić information content (AvgIpc) is 3.57. The SMILES string of the molecule is CS(=O)(=O)N[C@H]1CC[C@](Cc2cc(-c3ccccc3OCc3ccccc3)ccc2F)(c2nc(CCl)co2)C1. The first kappa shape index (κ1) is 27.4. The molecule has 0 bridgehead atoms. The Kier molecular flexibility index (Phi) is 8.07. The van der Waals surface area contributed by atoms with Crippen molar-refractivity contribution < 1.29 is 22.0 Å². The topological polar surface area (TPSA) is 81.4 Å². The van der Waals surface area contributed by atoms with E-state index in [-0.39, 0.29) is 17.7 Å². The molecule has 204 valence electrons. The van der Waals surface area contributed by atoms with Gasteiger partial charge < -0.3 is 9.15 Å². The standard InChI is InChI=1S/C30H30ClFN2O4S/c1-39(35,36)34-24-13-14-30(17-24,29-33-25(18-31)20-38-29)16-23-15-22(11-12-27(23)32)26-9-5-6-10-28(26)37-19-21-7-3-2-4-8-21/h2-12,15,20,24,34H,13-14,16-19H2,1H3/t24-,30+/m0/s1. The quantitative estimate of drug-likeness (QED) is 0.224. The highest BCUT2D eigenvalue weighted by molar-refractivity contribution is 7.88. The lowest BCUT2D eigenvalue weighted by atomic mass is 9.79. The van der Waals surface area contributed by atoms with Crippen molar-refractivity contribution in [3.63, 3.8) is 0 Å². The molecule has 1 N–H and O–H groups in total. The van der Waals surface area contributed by atoms with E-state index in [9.17, 15) is 8.42 Å². The molecule has 2 atom stereocenters. The number of hydrogen-bond acceptors (Lipinski definition) is 5. The van der Waals surface area contributed by atoms with Gasteiger partial charge in [-0.25, -0.2) is 22.5 Å². The Morgan fingerprint density at radius 1 is 1.13 bits per heavy atom. The van der Waals surface area contributed by atoms with Crippen LogP contribution in [0.5, 0.6) is 5.75 Å². The summed E-state index contributed by atoms with van der Waals surface area (Å²) in [7, 11) is -3.40. The van der Waals surface area contributed by atoms with Crippen LogP contribution in [0.2, 0.25) is 0 Å². The molecule has 1 saturated carbocycles. The number of aromatic nitrogens is 1. The highest BCUT2D eigenvalue weighted by Crippen LogP contribution is 2.45. The summed E-state index contributed by atoms with van der Waals surface area (Å²) in [5, 5.41) is 0. The molecule has 0 aliphatic heterocycles. The summed E-state index contributed by atoms with van der Waals surface area (Å²) in [4.78, 5) is 4.57. The lowest BCUT2D eigenvalue weighted by Crippen LogP contribution is -2.35.